The van der Waals surface area contributed by atoms with Crippen LogP contribution in [0.5, 0.6) is 11.5 Å². The molecular formula is C29H38N2O7S. The number of methoxy groups -OCH3 is 3. The van der Waals surface area contributed by atoms with Crippen LogP contribution in [-0.4, -0.2) is 69.2 Å². The molecule has 3 rings (SSSR count). The van der Waals surface area contributed by atoms with Crippen LogP contribution < -0.4 is 9.47 Å². The Morgan fingerprint density at radius 2 is 1.44 bits per heavy atom. The third kappa shape index (κ3) is 7.83. The number of carbonyl (C=O) groups is 2. The fourth-order valence-electron chi connectivity index (χ4n) is 4.66. The highest BCUT2D eigenvalue weighted by atomic mass is 32.2. The topological polar surface area (TPSA) is 102 Å². The van der Waals surface area contributed by atoms with Gasteiger partial charge in [0, 0.05) is 26.2 Å². The quantitative estimate of drug-likeness (QED) is 0.272. The van der Waals surface area contributed by atoms with Crippen molar-refractivity contribution in [1.29, 1.82) is 0 Å². The van der Waals surface area contributed by atoms with Crippen molar-refractivity contribution in [3.8, 4) is 11.5 Å². The van der Waals surface area contributed by atoms with Crippen LogP contribution in [0.2, 0.25) is 0 Å². The van der Waals surface area contributed by atoms with E-state index >= 15 is 0 Å². The fraction of sp³-hybridized carbons (Fsp3) is 0.448. The number of piperidine rings is 1. The number of ether oxygens (including phenoxy) is 3. The van der Waals surface area contributed by atoms with Gasteiger partial charge in [-0.1, -0.05) is 30.3 Å². The molecule has 0 radical (unpaired) electrons. The number of nitrogens with zero attached hydrogens (tertiary/aromatic N) is 2. The van der Waals surface area contributed by atoms with Gasteiger partial charge in [-0.05, 0) is 61.1 Å². The Morgan fingerprint density at radius 1 is 0.949 bits per heavy atom. The standard InChI is InChI=1S/C29H38N2O7S/c1-5-6-7-27(28(32)30-18-16-24(17-19-30)29(33)38-4)39(34,35)31(20-22-8-12-25(36-2)13-9-22)21-23-10-14-26(37-3)15-11-23/h5,8-15,24,27H,1,6-7,16-21H2,2-4H3/t27-/m0/s1. The van der Waals surface area contributed by atoms with Crippen LogP contribution in [0, 0.1) is 5.92 Å². The fourth-order valence-corrected chi connectivity index (χ4v) is 6.52. The molecule has 9 nitrogen and oxygen atoms in total. The van der Waals surface area contributed by atoms with Gasteiger partial charge in [-0.15, -0.1) is 6.58 Å². The summed E-state index contributed by atoms with van der Waals surface area (Å²) in [5.41, 5.74) is 1.53. The Hall–Kier alpha value is -3.37. The van der Waals surface area contributed by atoms with Crippen LogP contribution in [0.4, 0.5) is 0 Å². The lowest BCUT2D eigenvalue weighted by atomic mass is 9.96. The van der Waals surface area contributed by atoms with Crippen molar-refractivity contribution in [2.45, 2.75) is 44.0 Å². The van der Waals surface area contributed by atoms with E-state index in [-0.39, 0.29) is 31.4 Å². The summed E-state index contributed by atoms with van der Waals surface area (Å²) in [6.07, 6.45) is 2.98. The number of allylic oxidation sites excluding steroid dienone is 1. The van der Waals surface area contributed by atoms with Gasteiger partial charge in [0.1, 0.15) is 11.5 Å². The number of carbonyl (C=O) groups excluding carboxylic acids is 2. The first kappa shape index (κ1) is 30.2. The molecule has 1 heterocycles. The third-order valence-electron chi connectivity index (χ3n) is 7.00. The lowest BCUT2D eigenvalue weighted by molar-refractivity contribution is -0.148. The largest absolute Gasteiger partial charge is 0.497 e. The molecule has 2 aromatic rings. The molecule has 2 aromatic carbocycles. The molecule has 212 valence electrons. The molecule has 1 aliphatic rings. The summed E-state index contributed by atoms with van der Waals surface area (Å²) in [6, 6.07) is 14.4. The van der Waals surface area contributed by atoms with Crippen LogP contribution in [0.1, 0.15) is 36.8 Å². The van der Waals surface area contributed by atoms with E-state index in [4.69, 9.17) is 14.2 Å². The van der Waals surface area contributed by atoms with Crippen molar-refractivity contribution in [3.05, 3.63) is 72.3 Å². The average Bonchev–Trinajstić information content (AvgIpc) is 2.97. The zero-order chi connectivity index (χ0) is 28.4. The molecule has 0 saturated carbocycles. The van der Waals surface area contributed by atoms with Crippen molar-refractivity contribution in [1.82, 2.24) is 9.21 Å². The van der Waals surface area contributed by atoms with Crippen molar-refractivity contribution in [3.63, 3.8) is 0 Å². The highest BCUT2D eigenvalue weighted by Crippen LogP contribution is 2.26. The van der Waals surface area contributed by atoms with E-state index in [0.29, 0.717) is 43.9 Å². The van der Waals surface area contributed by atoms with Crippen molar-refractivity contribution < 1.29 is 32.2 Å². The number of sulfonamides is 1. The summed E-state index contributed by atoms with van der Waals surface area (Å²) in [5.74, 6) is 0.289. The lowest BCUT2D eigenvalue weighted by Crippen LogP contribution is -2.50. The number of benzene rings is 2. The number of esters is 1. The predicted molar refractivity (Wildman–Crippen MR) is 149 cm³/mol. The second kappa shape index (κ2) is 14.1. The second-order valence-electron chi connectivity index (χ2n) is 9.49. The minimum absolute atomic E-state index is 0.0840. The Morgan fingerprint density at radius 3 is 1.85 bits per heavy atom. The Kier molecular flexibility index (Phi) is 10.9. The van der Waals surface area contributed by atoms with E-state index in [9.17, 15) is 18.0 Å². The maximum absolute atomic E-state index is 14.2. The molecule has 0 bridgehead atoms. The molecule has 1 saturated heterocycles. The summed E-state index contributed by atoms with van der Waals surface area (Å²) in [4.78, 5) is 27.2. The Balaban J connectivity index is 1.91. The average molecular weight is 559 g/mol. The van der Waals surface area contributed by atoms with Gasteiger partial charge in [0.05, 0.1) is 27.2 Å². The van der Waals surface area contributed by atoms with Crippen molar-refractivity contribution in [2.24, 2.45) is 5.92 Å². The number of amides is 1. The summed E-state index contributed by atoms with van der Waals surface area (Å²) in [6.45, 7) is 4.50. The van der Waals surface area contributed by atoms with E-state index in [1.807, 2.05) is 24.3 Å². The van der Waals surface area contributed by atoms with E-state index < -0.39 is 21.2 Å². The SMILES string of the molecule is C=CCC[C@@H](C(=O)N1CCC(C(=O)OC)CC1)S(=O)(=O)N(Cc1ccc(OC)cc1)Cc1ccc(OC)cc1. The van der Waals surface area contributed by atoms with Crippen LogP contribution >= 0.6 is 0 Å². The Labute approximate surface area is 231 Å². The van der Waals surface area contributed by atoms with Gasteiger partial charge in [-0.2, -0.15) is 4.31 Å². The third-order valence-corrected chi connectivity index (χ3v) is 9.14. The number of hydrogen-bond donors (Lipinski definition) is 0. The van der Waals surface area contributed by atoms with Gasteiger partial charge < -0.3 is 19.1 Å². The van der Waals surface area contributed by atoms with Crippen LogP contribution in [0.15, 0.2) is 61.2 Å². The van der Waals surface area contributed by atoms with E-state index in [1.54, 1.807) is 49.5 Å². The number of hydrogen-bond acceptors (Lipinski definition) is 7. The van der Waals surface area contributed by atoms with Gasteiger partial charge in [0.15, 0.2) is 5.25 Å². The van der Waals surface area contributed by atoms with Gasteiger partial charge in [0.2, 0.25) is 15.9 Å². The molecule has 0 unspecified atom stereocenters. The van der Waals surface area contributed by atoms with E-state index in [0.717, 1.165) is 11.1 Å². The predicted octanol–water partition coefficient (Wildman–Crippen LogP) is 3.78. The number of likely N-dealkylation sites (tertiary alicyclic amines) is 1. The maximum Gasteiger partial charge on any atom is 0.308 e. The first-order chi connectivity index (χ1) is 18.7. The van der Waals surface area contributed by atoms with Gasteiger partial charge >= 0.3 is 5.97 Å². The van der Waals surface area contributed by atoms with Crippen LogP contribution in [0.25, 0.3) is 0 Å². The highest BCUT2D eigenvalue weighted by molar-refractivity contribution is 7.90. The van der Waals surface area contributed by atoms with Crippen LogP contribution in [0.3, 0.4) is 0 Å². The first-order valence-corrected chi connectivity index (χ1v) is 14.5. The number of rotatable bonds is 13. The second-order valence-corrected chi connectivity index (χ2v) is 11.6. The zero-order valence-corrected chi connectivity index (χ0v) is 23.7. The molecule has 0 aliphatic carbocycles. The zero-order valence-electron chi connectivity index (χ0n) is 22.9. The van der Waals surface area contributed by atoms with E-state index in [2.05, 4.69) is 6.58 Å². The molecule has 1 fully saturated rings. The van der Waals surface area contributed by atoms with Crippen molar-refractivity contribution in [2.75, 3.05) is 34.4 Å². The molecule has 1 amide bonds. The molecule has 1 aliphatic heterocycles. The Bertz CT molecular complexity index is 1160. The lowest BCUT2D eigenvalue weighted by Gasteiger charge is -2.34. The minimum atomic E-state index is -4.11. The molecule has 1 atom stereocenters. The maximum atomic E-state index is 14.2. The summed E-state index contributed by atoms with van der Waals surface area (Å²) in [7, 11) is 0.377. The monoisotopic (exact) mass is 558 g/mol. The molecular weight excluding hydrogens is 520 g/mol. The van der Waals surface area contributed by atoms with Gasteiger partial charge in [-0.3, -0.25) is 9.59 Å². The smallest absolute Gasteiger partial charge is 0.308 e. The van der Waals surface area contributed by atoms with Crippen LogP contribution in [-0.2, 0) is 37.4 Å². The molecule has 0 N–H and O–H groups in total. The van der Waals surface area contributed by atoms with Crippen molar-refractivity contribution >= 4 is 21.9 Å². The minimum Gasteiger partial charge on any atom is -0.497 e. The first-order valence-electron chi connectivity index (χ1n) is 13.0. The van der Waals surface area contributed by atoms with Gasteiger partial charge in [-0.25, -0.2) is 8.42 Å². The normalized spacial score (nSPS) is 15.0. The molecule has 0 aromatic heterocycles. The van der Waals surface area contributed by atoms with E-state index in [1.165, 1.54) is 11.4 Å². The summed E-state index contributed by atoms with van der Waals surface area (Å²) in [5, 5.41) is -1.28. The summed E-state index contributed by atoms with van der Waals surface area (Å²) < 4.78 is 45.1. The highest BCUT2D eigenvalue weighted by Gasteiger charge is 2.40. The molecule has 39 heavy (non-hydrogen) atoms. The summed E-state index contributed by atoms with van der Waals surface area (Å²) >= 11 is 0. The molecule has 10 heteroatoms. The molecule has 0 spiro atoms. The van der Waals surface area contributed by atoms with Gasteiger partial charge in [0.25, 0.3) is 0 Å².